The van der Waals surface area contributed by atoms with E-state index < -0.39 is 0 Å². The monoisotopic (exact) mass is 249 g/mol. The number of aryl methyl sites for hydroxylation is 1. The van der Waals surface area contributed by atoms with Gasteiger partial charge in [-0.05, 0) is 34.5 Å². The van der Waals surface area contributed by atoms with Crippen LogP contribution in [0.4, 0.5) is 0 Å². The molecule has 14 heavy (non-hydrogen) atoms. The van der Waals surface area contributed by atoms with E-state index in [2.05, 4.69) is 46.0 Å². The maximum Gasteiger partial charge on any atom is 0.0706 e. The quantitative estimate of drug-likeness (QED) is 0.786. The lowest BCUT2D eigenvalue weighted by atomic mass is 10.1. The Morgan fingerprint density at radius 3 is 2.86 bits per heavy atom. The van der Waals surface area contributed by atoms with Crippen LogP contribution in [0, 0.1) is 0 Å². The molecule has 0 radical (unpaired) electrons. The Bertz CT molecular complexity index is 451. The summed E-state index contributed by atoms with van der Waals surface area (Å²) >= 11 is 3.56. The summed E-state index contributed by atoms with van der Waals surface area (Å²) in [5.41, 5.74) is 2.24. The van der Waals surface area contributed by atoms with E-state index in [1.54, 1.807) is 0 Å². The molecule has 0 aliphatic carbocycles. The summed E-state index contributed by atoms with van der Waals surface area (Å²) in [6.45, 7) is 2.17. The second-order valence-electron chi connectivity index (χ2n) is 3.36. The predicted octanol–water partition coefficient (Wildman–Crippen LogP) is 3.95. The van der Waals surface area contributed by atoms with E-state index in [0.717, 1.165) is 28.5 Å². The summed E-state index contributed by atoms with van der Waals surface area (Å²) in [5.74, 6) is 0. The highest BCUT2D eigenvalue weighted by Crippen LogP contribution is 2.22. The van der Waals surface area contributed by atoms with Gasteiger partial charge >= 0.3 is 0 Å². The second-order valence-corrected chi connectivity index (χ2v) is 4.21. The first kappa shape index (κ1) is 9.66. The summed E-state index contributed by atoms with van der Waals surface area (Å²) in [6, 6.07) is 10.4. The van der Waals surface area contributed by atoms with E-state index in [9.17, 15) is 0 Å². The van der Waals surface area contributed by atoms with E-state index in [4.69, 9.17) is 0 Å². The molecule has 0 saturated heterocycles. The van der Waals surface area contributed by atoms with Crippen molar-refractivity contribution in [3.05, 3.63) is 40.5 Å². The minimum absolute atomic E-state index is 1.03. The summed E-state index contributed by atoms with van der Waals surface area (Å²) in [5, 5.41) is 1.19. The minimum Gasteiger partial charge on any atom is -0.252 e. The van der Waals surface area contributed by atoms with Crippen molar-refractivity contribution in [3.63, 3.8) is 0 Å². The Morgan fingerprint density at radius 2 is 2.07 bits per heavy atom. The number of para-hydroxylation sites is 1. The van der Waals surface area contributed by atoms with Gasteiger partial charge in [0.2, 0.25) is 0 Å². The van der Waals surface area contributed by atoms with E-state index in [1.165, 1.54) is 5.39 Å². The van der Waals surface area contributed by atoms with Crippen LogP contribution in [-0.2, 0) is 6.42 Å². The maximum atomic E-state index is 4.62. The van der Waals surface area contributed by atoms with Crippen molar-refractivity contribution in [2.24, 2.45) is 0 Å². The average molecular weight is 250 g/mol. The molecule has 2 aromatic rings. The van der Waals surface area contributed by atoms with E-state index >= 15 is 0 Å². The molecular weight excluding hydrogens is 238 g/mol. The Hall–Kier alpha value is -0.890. The van der Waals surface area contributed by atoms with Crippen LogP contribution in [0.3, 0.4) is 0 Å². The molecule has 0 atom stereocenters. The molecule has 0 unspecified atom stereocenters. The van der Waals surface area contributed by atoms with Gasteiger partial charge in [-0.3, -0.25) is 4.98 Å². The number of hydrogen-bond acceptors (Lipinski definition) is 1. The molecule has 1 aromatic heterocycles. The highest BCUT2D eigenvalue weighted by Gasteiger charge is 2.02. The van der Waals surface area contributed by atoms with Gasteiger partial charge in [0.1, 0.15) is 0 Å². The normalized spacial score (nSPS) is 10.7. The molecule has 2 rings (SSSR count). The Balaban J connectivity index is 2.59. The lowest BCUT2D eigenvalue weighted by Gasteiger charge is -2.04. The molecule has 0 aliphatic rings. The molecule has 1 heterocycles. The molecule has 0 bridgehead atoms. The highest BCUT2D eigenvalue weighted by atomic mass is 79.9. The van der Waals surface area contributed by atoms with Gasteiger partial charge in [-0.2, -0.15) is 0 Å². The van der Waals surface area contributed by atoms with Gasteiger partial charge in [0.25, 0.3) is 0 Å². The van der Waals surface area contributed by atoms with Crippen molar-refractivity contribution >= 4 is 26.8 Å². The maximum absolute atomic E-state index is 4.62. The van der Waals surface area contributed by atoms with Crippen LogP contribution in [0.25, 0.3) is 10.9 Å². The van der Waals surface area contributed by atoms with Crippen LogP contribution in [0.5, 0.6) is 0 Å². The highest BCUT2D eigenvalue weighted by molar-refractivity contribution is 9.10. The topological polar surface area (TPSA) is 12.9 Å². The SMILES string of the molecule is CCCc1nc2ccccc2cc1Br. The first-order valence-electron chi connectivity index (χ1n) is 4.85. The van der Waals surface area contributed by atoms with Gasteiger partial charge in [0, 0.05) is 9.86 Å². The number of benzene rings is 1. The van der Waals surface area contributed by atoms with Crippen molar-refractivity contribution in [3.8, 4) is 0 Å². The minimum atomic E-state index is 1.03. The first-order valence-corrected chi connectivity index (χ1v) is 5.64. The largest absolute Gasteiger partial charge is 0.252 e. The van der Waals surface area contributed by atoms with Crippen LogP contribution in [0.15, 0.2) is 34.8 Å². The zero-order valence-corrected chi connectivity index (χ0v) is 9.71. The predicted molar refractivity (Wildman–Crippen MR) is 63.4 cm³/mol. The van der Waals surface area contributed by atoms with Crippen LogP contribution in [0.1, 0.15) is 19.0 Å². The Labute approximate surface area is 92.3 Å². The number of hydrogen-bond donors (Lipinski definition) is 0. The average Bonchev–Trinajstić information content (AvgIpc) is 2.19. The van der Waals surface area contributed by atoms with Crippen molar-refractivity contribution in [1.29, 1.82) is 0 Å². The van der Waals surface area contributed by atoms with Crippen molar-refractivity contribution in [1.82, 2.24) is 4.98 Å². The number of pyridine rings is 1. The standard InChI is InChI=1S/C12H12BrN/c1-2-5-12-10(13)8-9-6-3-4-7-11(9)14-12/h3-4,6-8H,2,5H2,1H3. The summed E-state index contributed by atoms with van der Waals surface area (Å²) < 4.78 is 1.12. The number of fused-ring (bicyclic) bond motifs is 1. The third-order valence-electron chi connectivity index (χ3n) is 2.24. The lowest BCUT2D eigenvalue weighted by molar-refractivity contribution is 0.884. The van der Waals surface area contributed by atoms with Gasteiger partial charge in [0.15, 0.2) is 0 Å². The number of halogens is 1. The van der Waals surface area contributed by atoms with E-state index in [-0.39, 0.29) is 0 Å². The van der Waals surface area contributed by atoms with Gasteiger partial charge in [-0.1, -0.05) is 31.5 Å². The zero-order valence-electron chi connectivity index (χ0n) is 8.13. The Kier molecular flexibility index (Phi) is 2.82. The molecule has 0 saturated carbocycles. The lowest BCUT2D eigenvalue weighted by Crippen LogP contribution is -1.91. The number of nitrogens with zero attached hydrogens (tertiary/aromatic N) is 1. The number of rotatable bonds is 2. The summed E-state index contributed by atoms with van der Waals surface area (Å²) in [7, 11) is 0. The number of aromatic nitrogens is 1. The smallest absolute Gasteiger partial charge is 0.0706 e. The molecule has 72 valence electrons. The van der Waals surface area contributed by atoms with Crippen LogP contribution >= 0.6 is 15.9 Å². The van der Waals surface area contributed by atoms with Gasteiger partial charge < -0.3 is 0 Å². The molecule has 0 amide bonds. The third kappa shape index (κ3) is 1.80. The summed E-state index contributed by atoms with van der Waals surface area (Å²) in [4.78, 5) is 4.62. The van der Waals surface area contributed by atoms with Crippen LogP contribution in [-0.4, -0.2) is 4.98 Å². The fraction of sp³-hybridized carbons (Fsp3) is 0.250. The molecule has 2 heteroatoms. The summed E-state index contributed by atoms with van der Waals surface area (Å²) in [6.07, 6.45) is 2.16. The molecular formula is C12H12BrN. The Morgan fingerprint density at radius 1 is 1.29 bits per heavy atom. The van der Waals surface area contributed by atoms with E-state index in [1.807, 2.05) is 12.1 Å². The van der Waals surface area contributed by atoms with Gasteiger partial charge in [-0.25, -0.2) is 0 Å². The second kappa shape index (κ2) is 4.09. The van der Waals surface area contributed by atoms with Crippen molar-refractivity contribution in [2.75, 3.05) is 0 Å². The third-order valence-corrected chi connectivity index (χ3v) is 2.92. The van der Waals surface area contributed by atoms with Crippen molar-refractivity contribution in [2.45, 2.75) is 19.8 Å². The van der Waals surface area contributed by atoms with Crippen LogP contribution < -0.4 is 0 Å². The first-order chi connectivity index (χ1) is 6.81. The van der Waals surface area contributed by atoms with Gasteiger partial charge in [0.05, 0.1) is 11.2 Å². The molecule has 1 nitrogen and oxygen atoms in total. The molecule has 0 N–H and O–H groups in total. The van der Waals surface area contributed by atoms with Gasteiger partial charge in [-0.15, -0.1) is 0 Å². The van der Waals surface area contributed by atoms with Crippen LogP contribution in [0.2, 0.25) is 0 Å². The molecule has 0 fully saturated rings. The van der Waals surface area contributed by atoms with Crippen molar-refractivity contribution < 1.29 is 0 Å². The molecule has 0 spiro atoms. The zero-order chi connectivity index (χ0) is 9.97. The fourth-order valence-electron chi connectivity index (χ4n) is 1.54. The fourth-order valence-corrected chi connectivity index (χ4v) is 2.08. The molecule has 0 aliphatic heterocycles. The molecule has 1 aromatic carbocycles. The van der Waals surface area contributed by atoms with E-state index in [0.29, 0.717) is 0 Å².